The zero-order chi connectivity index (χ0) is 15.1. The lowest BCUT2D eigenvalue weighted by Gasteiger charge is -2.23. The van der Waals surface area contributed by atoms with Crippen molar-refractivity contribution in [1.82, 2.24) is 10.6 Å². The predicted octanol–water partition coefficient (Wildman–Crippen LogP) is 3.68. The molecule has 1 fully saturated rings. The fourth-order valence-corrected chi connectivity index (χ4v) is 2.76. The first-order valence-corrected chi connectivity index (χ1v) is 7.97. The van der Waals surface area contributed by atoms with Crippen LogP contribution in [0, 0.1) is 0 Å². The van der Waals surface area contributed by atoms with Gasteiger partial charge in [-0.1, -0.05) is 43.0 Å². The van der Waals surface area contributed by atoms with Gasteiger partial charge in [-0.3, -0.25) is 10.1 Å². The molecule has 1 aromatic carbocycles. The van der Waals surface area contributed by atoms with Gasteiger partial charge in [0.05, 0.1) is 0 Å². The van der Waals surface area contributed by atoms with Crippen LogP contribution in [0.2, 0.25) is 5.02 Å². The fourth-order valence-electron chi connectivity index (χ4n) is 2.37. The molecule has 0 aliphatic heterocycles. The number of halogens is 1. The lowest BCUT2D eigenvalue weighted by molar-refractivity contribution is -0.115. The minimum absolute atomic E-state index is 0.224. The number of carbonyl (C=O) groups is 1. The molecule has 2 N–H and O–H groups in total. The van der Waals surface area contributed by atoms with Gasteiger partial charge in [-0.2, -0.15) is 0 Å². The van der Waals surface area contributed by atoms with Crippen molar-refractivity contribution < 1.29 is 4.79 Å². The number of nitrogens with one attached hydrogen (secondary N) is 2. The summed E-state index contributed by atoms with van der Waals surface area (Å²) in [4.78, 5) is 11.8. The van der Waals surface area contributed by atoms with Gasteiger partial charge in [-0.25, -0.2) is 0 Å². The average Bonchev–Trinajstić information content (AvgIpc) is 2.47. The molecule has 5 heteroatoms. The monoisotopic (exact) mass is 322 g/mol. The van der Waals surface area contributed by atoms with E-state index in [1.54, 1.807) is 18.2 Å². The van der Waals surface area contributed by atoms with Gasteiger partial charge in [0.15, 0.2) is 5.11 Å². The van der Waals surface area contributed by atoms with Crippen LogP contribution in [0.3, 0.4) is 0 Å². The van der Waals surface area contributed by atoms with Crippen molar-refractivity contribution in [3.63, 3.8) is 0 Å². The minimum Gasteiger partial charge on any atom is -0.360 e. The number of thiocarbonyl (C=S) groups is 1. The van der Waals surface area contributed by atoms with Gasteiger partial charge in [0.1, 0.15) is 0 Å². The third-order valence-corrected chi connectivity index (χ3v) is 3.95. The number of hydrogen-bond acceptors (Lipinski definition) is 2. The second kappa shape index (κ2) is 8.15. The molecule has 1 amide bonds. The highest BCUT2D eigenvalue weighted by atomic mass is 35.5. The van der Waals surface area contributed by atoms with Crippen LogP contribution >= 0.6 is 23.8 Å². The van der Waals surface area contributed by atoms with E-state index in [0.717, 1.165) is 18.4 Å². The lowest BCUT2D eigenvalue weighted by Crippen LogP contribution is -2.44. The third kappa shape index (κ3) is 5.86. The van der Waals surface area contributed by atoms with E-state index >= 15 is 0 Å². The Balaban J connectivity index is 1.77. The van der Waals surface area contributed by atoms with Crippen LogP contribution < -0.4 is 10.6 Å². The van der Waals surface area contributed by atoms with Gasteiger partial charge >= 0.3 is 0 Å². The van der Waals surface area contributed by atoms with Crippen molar-refractivity contribution >= 4 is 40.9 Å². The molecule has 0 radical (unpaired) electrons. The van der Waals surface area contributed by atoms with Gasteiger partial charge in [0, 0.05) is 17.1 Å². The lowest BCUT2D eigenvalue weighted by atomic mass is 9.96. The average molecular weight is 323 g/mol. The van der Waals surface area contributed by atoms with E-state index in [4.69, 9.17) is 23.8 Å². The van der Waals surface area contributed by atoms with Gasteiger partial charge in [-0.15, -0.1) is 0 Å². The number of hydrogen-bond donors (Lipinski definition) is 2. The molecule has 1 saturated carbocycles. The molecule has 1 aliphatic rings. The molecule has 0 heterocycles. The zero-order valence-corrected chi connectivity index (χ0v) is 13.3. The highest BCUT2D eigenvalue weighted by Crippen LogP contribution is 2.17. The number of amides is 1. The summed E-state index contributed by atoms with van der Waals surface area (Å²) >= 11 is 11.0. The SMILES string of the molecule is O=C(/C=C/c1ccc(Cl)cc1)NC(=S)NC1CCCCC1. The molecule has 21 heavy (non-hydrogen) atoms. The molecule has 3 nitrogen and oxygen atoms in total. The normalized spacial score (nSPS) is 15.9. The number of benzene rings is 1. The summed E-state index contributed by atoms with van der Waals surface area (Å²) in [7, 11) is 0. The van der Waals surface area contributed by atoms with E-state index in [0.29, 0.717) is 16.2 Å². The summed E-state index contributed by atoms with van der Waals surface area (Å²) in [6.45, 7) is 0. The van der Waals surface area contributed by atoms with Gasteiger partial charge in [0.25, 0.3) is 0 Å². The predicted molar refractivity (Wildman–Crippen MR) is 91.2 cm³/mol. The zero-order valence-electron chi connectivity index (χ0n) is 11.8. The van der Waals surface area contributed by atoms with Gasteiger partial charge in [0.2, 0.25) is 5.91 Å². The standard InChI is InChI=1S/C16H19ClN2OS/c17-13-9-6-12(7-10-13)8-11-15(20)19-16(21)18-14-4-2-1-3-5-14/h6-11,14H,1-5H2,(H2,18,19,20,21)/b11-8+. The van der Waals surface area contributed by atoms with E-state index in [1.165, 1.54) is 25.3 Å². The first-order valence-electron chi connectivity index (χ1n) is 7.18. The molecule has 0 atom stereocenters. The van der Waals surface area contributed by atoms with Crippen LogP contribution in [0.1, 0.15) is 37.7 Å². The quantitative estimate of drug-likeness (QED) is 0.659. The molecule has 1 aliphatic carbocycles. The van der Waals surface area contributed by atoms with E-state index in [2.05, 4.69) is 10.6 Å². The Kier molecular flexibility index (Phi) is 6.21. The van der Waals surface area contributed by atoms with Crippen LogP contribution in [0.15, 0.2) is 30.3 Å². The first kappa shape index (κ1) is 16.0. The topological polar surface area (TPSA) is 41.1 Å². The molecule has 0 bridgehead atoms. The molecule has 0 spiro atoms. The smallest absolute Gasteiger partial charge is 0.250 e. The highest BCUT2D eigenvalue weighted by molar-refractivity contribution is 7.80. The van der Waals surface area contributed by atoms with Crippen molar-refractivity contribution in [2.75, 3.05) is 0 Å². The Bertz CT molecular complexity index is 522. The Hall–Kier alpha value is -1.39. The van der Waals surface area contributed by atoms with Crippen molar-refractivity contribution in [3.8, 4) is 0 Å². The van der Waals surface area contributed by atoms with Crippen LogP contribution in [0.5, 0.6) is 0 Å². The van der Waals surface area contributed by atoms with E-state index in [-0.39, 0.29) is 5.91 Å². The molecule has 1 aromatic rings. The highest BCUT2D eigenvalue weighted by Gasteiger charge is 2.14. The fraction of sp³-hybridized carbons (Fsp3) is 0.375. The summed E-state index contributed by atoms with van der Waals surface area (Å²) in [5, 5.41) is 6.97. The third-order valence-electron chi connectivity index (χ3n) is 3.47. The van der Waals surface area contributed by atoms with E-state index < -0.39 is 0 Å². The van der Waals surface area contributed by atoms with Crippen LogP contribution in [-0.4, -0.2) is 17.1 Å². The summed E-state index contributed by atoms with van der Waals surface area (Å²) in [6.07, 6.45) is 9.19. The Labute approximate surface area is 135 Å². The van der Waals surface area contributed by atoms with Crippen molar-refractivity contribution in [2.24, 2.45) is 0 Å². The largest absolute Gasteiger partial charge is 0.360 e. The summed E-state index contributed by atoms with van der Waals surface area (Å²) in [5.41, 5.74) is 0.917. The first-order chi connectivity index (χ1) is 10.1. The van der Waals surface area contributed by atoms with Crippen molar-refractivity contribution in [3.05, 3.63) is 40.9 Å². The molecular weight excluding hydrogens is 304 g/mol. The Morgan fingerprint density at radius 2 is 1.86 bits per heavy atom. The molecule has 112 valence electrons. The molecule has 0 unspecified atom stereocenters. The second-order valence-electron chi connectivity index (χ2n) is 5.18. The molecule has 0 aromatic heterocycles. The number of carbonyl (C=O) groups excluding carboxylic acids is 1. The second-order valence-corrected chi connectivity index (χ2v) is 6.03. The van der Waals surface area contributed by atoms with E-state index in [1.807, 2.05) is 12.1 Å². The summed E-state index contributed by atoms with van der Waals surface area (Å²) in [5.74, 6) is -0.224. The van der Waals surface area contributed by atoms with Crippen LogP contribution in [-0.2, 0) is 4.79 Å². The van der Waals surface area contributed by atoms with E-state index in [9.17, 15) is 4.79 Å². The molecule has 2 rings (SSSR count). The van der Waals surface area contributed by atoms with Crippen LogP contribution in [0.25, 0.3) is 6.08 Å². The van der Waals surface area contributed by atoms with Gasteiger partial charge in [-0.05, 0) is 48.8 Å². The van der Waals surface area contributed by atoms with Gasteiger partial charge < -0.3 is 5.32 Å². The maximum absolute atomic E-state index is 11.8. The van der Waals surface area contributed by atoms with Crippen LogP contribution in [0.4, 0.5) is 0 Å². The maximum Gasteiger partial charge on any atom is 0.250 e. The summed E-state index contributed by atoms with van der Waals surface area (Å²) in [6, 6.07) is 7.67. The molecular formula is C16H19ClN2OS. The number of rotatable bonds is 3. The Morgan fingerprint density at radius 1 is 1.19 bits per heavy atom. The molecule has 0 saturated heterocycles. The maximum atomic E-state index is 11.8. The Morgan fingerprint density at radius 3 is 2.52 bits per heavy atom. The van der Waals surface area contributed by atoms with Crippen molar-refractivity contribution in [1.29, 1.82) is 0 Å². The summed E-state index contributed by atoms with van der Waals surface area (Å²) < 4.78 is 0. The van der Waals surface area contributed by atoms with Crippen molar-refractivity contribution in [2.45, 2.75) is 38.1 Å². The minimum atomic E-state index is -0.224.